The number of halogens is 1. The van der Waals surface area contributed by atoms with Crippen molar-refractivity contribution in [3.05, 3.63) is 64.0 Å². The van der Waals surface area contributed by atoms with E-state index in [9.17, 15) is 14.0 Å². The van der Waals surface area contributed by atoms with Crippen LogP contribution < -0.4 is 15.5 Å². The van der Waals surface area contributed by atoms with Crippen LogP contribution in [-0.4, -0.2) is 30.5 Å². The van der Waals surface area contributed by atoms with Crippen LogP contribution in [0, 0.1) is 5.82 Å². The van der Waals surface area contributed by atoms with E-state index in [4.69, 9.17) is 9.15 Å². The second kappa shape index (κ2) is 10.0. The summed E-state index contributed by atoms with van der Waals surface area (Å²) in [4.78, 5) is 26.4. The molecule has 0 unspecified atom stereocenters. The van der Waals surface area contributed by atoms with Gasteiger partial charge in [0.25, 0.3) is 5.91 Å². The van der Waals surface area contributed by atoms with Gasteiger partial charge in [0.1, 0.15) is 17.8 Å². The predicted molar refractivity (Wildman–Crippen MR) is 102 cm³/mol. The third kappa shape index (κ3) is 6.20. The highest BCUT2D eigenvalue weighted by Gasteiger charge is 2.13. The lowest BCUT2D eigenvalue weighted by Crippen LogP contribution is -2.29. The van der Waals surface area contributed by atoms with E-state index in [1.54, 1.807) is 12.1 Å². The summed E-state index contributed by atoms with van der Waals surface area (Å²) in [7, 11) is 0. The Morgan fingerprint density at radius 1 is 1.14 bits per heavy atom. The number of likely N-dealkylation sites (tertiary alicyclic amines) is 1. The van der Waals surface area contributed by atoms with E-state index >= 15 is 0 Å². The van der Waals surface area contributed by atoms with Crippen LogP contribution in [0.15, 0.2) is 45.8 Å². The quantitative estimate of drug-likeness (QED) is 0.790. The Bertz CT molecular complexity index is 827. The summed E-state index contributed by atoms with van der Waals surface area (Å²) in [5.74, 6) is -0.0987. The molecule has 2 aromatic rings. The molecule has 1 aliphatic rings. The first-order chi connectivity index (χ1) is 13.6. The van der Waals surface area contributed by atoms with E-state index in [2.05, 4.69) is 10.2 Å². The molecule has 1 saturated heterocycles. The maximum atomic E-state index is 12.9. The molecule has 0 bridgehead atoms. The summed E-state index contributed by atoms with van der Waals surface area (Å²) in [6.45, 7) is 2.59. The van der Waals surface area contributed by atoms with Crippen LogP contribution in [0.4, 0.5) is 4.39 Å². The number of ether oxygens (including phenoxy) is 1. The van der Waals surface area contributed by atoms with Crippen molar-refractivity contribution in [3.8, 4) is 5.75 Å². The number of nitrogens with zero attached hydrogens (tertiary/aromatic N) is 1. The van der Waals surface area contributed by atoms with Gasteiger partial charge < -0.3 is 14.5 Å². The fourth-order valence-electron chi connectivity index (χ4n) is 3.14. The minimum atomic E-state index is -0.377. The molecule has 6 nitrogen and oxygen atoms in total. The predicted octanol–water partition coefficient (Wildman–Crippen LogP) is 2.85. The molecule has 28 heavy (non-hydrogen) atoms. The molecule has 0 spiro atoms. The summed E-state index contributed by atoms with van der Waals surface area (Å²) >= 11 is 0. The fraction of sp³-hybridized carbons (Fsp3) is 0.429. The average molecular weight is 388 g/mol. The van der Waals surface area contributed by atoms with Crippen LogP contribution >= 0.6 is 0 Å². The Hall–Kier alpha value is -2.67. The van der Waals surface area contributed by atoms with Crippen LogP contribution in [0.5, 0.6) is 5.75 Å². The SMILES string of the molecule is O=C(COc1coc(CN2CCCCCC2)cc1=O)NCc1ccc(F)cc1. The van der Waals surface area contributed by atoms with E-state index in [0.29, 0.717) is 12.3 Å². The summed E-state index contributed by atoms with van der Waals surface area (Å²) in [5, 5.41) is 2.65. The van der Waals surface area contributed by atoms with Crippen molar-refractivity contribution in [2.24, 2.45) is 0 Å². The van der Waals surface area contributed by atoms with Crippen LogP contribution in [-0.2, 0) is 17.9 Å². The molecule has 1 aliphatic heterocycles. The molecule has 0 atom stereocenters. The van der Waals surface area contributed by atoms with E-state index < -0.39 is 0 Å². The molecule has 1 aromatic heterocycles. The zero-order valence-corrected chi connectivity index (χ0v) is 15.8. The van der Waals surface area contributed by atoms with Gasteiger partial charge in [-0.15, -0.1) is 0 Å². The van der Waals surface area contributed by atoms with Gasteiger partial charge in [-0.25, -0.2) is 4.39 Å². The van der Waals surface area contributed by atoms with Crippen molar-refractivity contribution in [3.63, 3.8) is 0 Å². The molecule has 0 radical (unpaired) electrons. The third-order valence-electron chi connectivity index (χ3n) is 4.69. The highest BCUT2D eigenvalue weighted by molar-refractivity contribution is 5.77. The maximum Gasteiger partial charge on any atom is 0.258 e. The molecule has 1 aromatic carbocycles. The van der Waals surface area contributed by atoms with Gasteiger partial charge in [0.2, 0.25) is 11.2 Å². The maximum absolute atomic E-state index is 12.9. The molecule has 0 saturated carbocycles. The van der Waals surface area contributed by atoms with Crippen LogP contribution in [0.3, 0.4) is 0 Å². The van der Waals surface area contributed by atoms with E-state index in [-0.39, 0.29) is 36.1 Å². The number of carbonyl (C=O) groups is 1. The van der Waals surface area contributed by atoms with E-state index in [0.717, 1.165) is 18.7 Å². The molecule has 2 heterocycles. The number of amides is 1. The largest absolute Gasteiger partial charge is 0.477 e. The number of benzene rings is 1. The Labute approximate surface area is 163 Å². The molecule has 0 aliphatic carbocycles. The highest BCUT2D eigenvalue weighted by Crippen LogP contribution is 2.14. The number of hydrogen-bond donors (Lipinski definition) is 1. The first-order valence-corrected chi connectivity index (χ1v) is 9.58. The number of hydrogen-bond acceptors (Lipinski definition) is 5. The normalized spacial score (nSPS) is 15.0. The number of carbonyl (C=O) groups excluding carboxylic acids is 1. The molecular formula is C21H25FN2O4. The second-order valence-corrected chi connectivity index (χ2v) is 6.96. The summed E-state index contributed by atoms with van der Waals surface area (Å²) in [6, 6.07) is 7.27. The topological polar surface area (TPSA) is 71.8 Å². The smallest absolute Gasteiger partial charge is 0.258 e. The highest BCUT2D eigenvalue weighted by atomic mass is 19.1. The van der Waals surface area contributed by atoms with Crippen molar-refractivity contribution < 1.29 is 18.3 Å². The van der Waals surface area contributed by atoms with Crippen molar-refractivity contribution in [2.45, 2.75) is 38.8 Å². The van der Waals surface area contributed by atoms with Gasteiger partial charge in [-0.05, 0) is 43.6 Å². The number of rotatable bonds is 7. The molecule has 7 heteroatoms. The third-order valence-corrected chi connectivity index (χ3v) is 4.69. The summed E-state index contributed by atoms with van der Waals surface area (Å²) in [5.41, 5.74) is 0.467. The van der Waals surface area contributed by atoms with E-state index in [1.165, 1.54) is 50.1 Å². The second-order valence-electron chi connectivity index (χ2n) is 6.96. The number of nitrogens with one attached hydrogen (secondary N) is 1. The molecular weight excluding hydrogens is 363 g/mol. The molecule has 1 fully saturated rings. The Balaban J connectivity index is 1.46. The lowest BCUT2D eigenvalue weighted by atomic mass is 10.2. The Morgan fingerprint density at radius 3 is 2.54 bits per heavy atom. The van der Waals surface area contributed by atoms with E-state index in [1.807, 2.05) is 0 Å². The first-order valence-electron chi connectivity index (χ1n) is 9.58. The van der Waals surface area contributed by atoms with Gasteiger partial charge in [-0.3, -0.25) is 14.5 Å². The minimum absolute atomic E-state index is 0.0107. The van der Waals surface area contributed by atoms with Gasteiger partial charge in [0, 0.05) is 12.6 Å². The van der Waals surface area contributed by atoms with Gasteiger partial charge in [0.05, 0.1) is 6.54 Å². The van der Waals surface area contributed by atoms with Crippen molar-refractivity contribution in [1.82, 2.24) is 10.2 Å². The van der Waals surface area contributed by atoms with Crippen LogP contribution in [0.2, 0.25) is 0 Å². The van der Waals surface area contributed by atoms with Gasteiger partial charge in [-0.2, -0.15) is 0 Å². The molecule has 1 amide bonds. The lowest BCUT2D eigenvalue weighted by Gasteiger charge is -2.18. The minimum Gasteiger partial charge on any atom is -0.477 e. The monoisotopic (exact) mass is 388 g/mol. The zero-order chi connectivity index (χ0) is 19.8. The summed E-state index contributed by atoms with van der Waals surface area (Å²) < 4.78 is 23.7. The van der Waals surface area contributed by atoms with Gasteiger partial charge >= 0.3 is 0 Å². The molecule has 150 valence electrons. The van der Waals surface area contributed by atoms with Crippen LogP contribution in [0.25, 0.3) is 0 Å². The van der Waals surface area contributed by atoms with Crippen molar-refractivity contribution >= 4 is 5.91 Å². The van der Waals surface area contributed by atoms with Crippen molar-refractivity contribution in [1.29, 1.82) is 0 Å². The lowest BCUT2D eigenvalue weighted by molar-refractivity contribution is -0.123. The van der Waals surface area contributed by atoms with Gasteiger partial charge in [-0.1, -0.05) is 25.0 Å². The molecule has 3 rings (SSSR count). The fourth-order valence-corrected chi connectivity index (χ4v) is 3.14. The zero-order valence-electron chi connectivity index (χ0n) is 15.8. The first kappa shape index (κ1) is 20.1. The average Bonchev–Trinajstić information content (AvgIpc) is 2.95. The molecule has 1 N–H and O–H groups in total. The Kier molecular flexibility index (Phi) is 7.19. The van der Waals surface area contributed by atoms with Crippen molar-refractivity contribution in [2.75, 3.05) is 19.7 Å². The Morgan fingerprint density at radius 2 is 1.86 bits per heavy atom. The standard InChI is InChI=1S/C21H25FN2O4/c22-17-7-5-16(6-8-17)12-23-21(26)15-28-20-14-27-18(11-19(20)25)13-24-9-3-1-2-4-10-24/h5-8,11,14H,1-4,9-10,12-13,15H2,(H,23,26). The summed E-state index contributed by atoms with van der Waals surface area (Å²) in [6.07, 6.45) is 6.09. The van der Waals surface area contributed by atoms with Gasteiger partial charge in [0.15, 0.2) is 6.61 Å². The van der Waals surface area contributed by atoms with Crippen LogP contribution in [0.1, 0.15) is 37.0 Å².